The minimum Gasteiger partial charge on any atom is -0.173 e. The largest absolute Gasteiger partial charge is 0.173 e. The standard InChI is InChI=1S/C10H12N2S/c1-5-6(2)8(4)10-9(7(5)3)11-13-12-10/h1-4H3. The number of rotatable bonds is 0. The summed E-state index contributed by atoms with van der Waals surface area (Å²) in [6.07, 6.45) is 0. The summed E-state index contributed by atoms with van der Waals surface area (Å²) in [7, 11) is 0. The molecule has 1 aromatic heterocycles. The van der Waals surface area contributed by atoms with E-state index in [1.54, 1.807) is 0 Å². The molecule has 13 heavy (non-hydrogen) atoms. The van der Waals surface area contributed by atoms with Crippen LogP contribution in [0, 0.1) is 27.7 Å². The predicted molar refractivity (Wildman–Crippen MR) is 56.4 cm³/mol. The molecule has 2 rings (SSSR count). The molecule has 0 N–H and O–H groups in total. The normalized spacial score (nSPS) is 11.1. The highest BCUT2D eigenvalue weighted by molar-refractivity contribution is 7.00. The molecule has 0 amide bonds. The molecule has 1 aromatic carbocycles. The Bertz CT molecular complexity index is 429. The molecule has 0 saturated heterocycles. The third-order valence-corrected chi connectivity index (χ3v) is 3.41. The van der Waals surface area contributed by atoms with Crippen LogP contribution in [0.25, 0.3) is 11.0 Å². The van der Waals surface area contributed by atoms with E-state index >= 15 is 0 Å². The van der Waals surface area contributed by atoms with Gasteiger partial charge in [0.25, 0.3) is 0 Å². The van der Waals surface area contributed by atoms with Crippen molar-refractivity contribution in [2.75, 3.05) is 0 Å². The van der Waals surface area contributed by atoms with Crippen LogP contribution in [-0.4, -0.2) is 8.75 Å². The van der Waals surface area contributed by atoms with Gasteiger partial charge in [-0.05, 0) is 49.9 Å². The Morgan fingerprint density at radius 3 is 1.46 bits per heavy atom. The lowest BCUT2D eigenvalue weighted by atomic mass is 9.98. The number of nitrogens with zero attached hydrogens (tertiary/aromatic N) is 2. The van der Waals surface area contributed by atoms with E-state index in [1.165, 1.54) is 34.0 Å². The number of aryl methyl sites for hydroxylation is 2. The van der Waals surface area contributed by atoms with E-state index in [0.29, 0.717) is 0 Å². The highest BCUT2D eigenvalue weighted by Gasteiger charge is 2.11. The number of benzene rings is 1. The summed E-state index contributed by atoms with van der Waals surface area (Å²) in [4.78, 5) is 0. The molecule has 0 aliphatic heterocycles. The van der Waals surface area contributed by atoms with E-state index < -0.39 is 0 Å². The zero-order valence-corrected chi connectivity index (χ0v) is 9.12. The van der Waals surface area contributed by atoms with Crippen LogP contribution in [0.5, 0.6) is 0 Å². The summed E-state index contributed by atoms with van der Waals surface area (Å²) < 4.78 is 8.62. The third kappa shape index (κ3) is 1.07. The van der Waals surface area contributed by atoms with Crippen LogP contribution >= 0.6 is 11.7 Å². The molecule has 0 aliphatic rings. The van der Waals surface area contributed by atoms with Crippen molar-refractivity contribution in [3.63, 3.8) is 0 Å². The molecule has 0 aliphatic carbocycles. The second-order valence-corrected chi connectivity index (χ2v) is 3.99. The molecule has 0 atom stereocenters. The van der Waals surface area contributed by atoms with Gasteiger partial charge in [-0.3, -0.25) is 0 Å². The van der Waals surface area contributed by atoms with Gasteiger partial charge >= 0.3 is 0 Å². The monoisotopic (exact) mass is 192 g/mol. The molecule has 1 heterocycles. The Kier molecular flexibility index (Phi) is 1.84. The molecule has 0 radical (unpaired) electrons. The Morgan fingerprint density at radius 1 is 0.692 bits per heavy atom. The van der Waals surface area contributed by atoms with Gasteiger partial charge in [0.1, 0.15) is 11.0 Å². The summed E-state index contributed by atoms with van der Waals surface area (Å²) in [5, 5.41) is 0. The summed E-state index contributed by atoms with van der Waals surface area (Å²) in [6.45, 7) is 8.53. The van der Waals surface area contributed by atoms with Crippen LogP contribution in [0.1, 0.15) is 22.3 Å². The Balaban J connectivity index is 3.02. The first-order chi connectivity index (χ1) is 6.13. The topological polar surface area (TPSA) is 25.8 Å². The maximum atomic E-state index is 4.31. The molecule has 68 valence electrons. The summed E-state index contributed by atoms with van der Waals surface area (Å²) in [5.74, 6) is 0. The maximum Gasteiger partial charge on any atom is 0.108 e. The predicted octanol–water partition coefficient (Wildman–Crippen LogP) is 2.92. The molecule has 0 bridgehead atoms. The minimum absolute atomic E-state index is 1.07. The van der Waals surface area contributed by atoms with Crippen molar-refractivity contribution >= 4 is 22.8 Å². The molecular weight excluding hydrogens is 180 g/mol. The number of fused-ring (bicyclic) bond motifs is 1. The Hall–Kier alpha value is -0.960. The quantitative estimate of drug-likeness (QED) is 0.641. The van der Waals surface area contributed by atoms with Crippen LogP contribution in [0.15, 0.2) is 0 Å². The average molecular weight is 192 g/mol. The lowest BCUT2D eigenvalue weighted by Gasteiger charge is -2.08. The maximum absolute atomic E-state index is 4.31. The van der Waals surface area contributed by atoms with Gasteiger partial charge in [-0.2, -0.15) is 8.75 Å². The minimum atomic E-state index is 1.07. The fourth-order valence-corrected chi connectivity index (χ4v) is 2.25. The van der Waals surface area contributed by atoms with Crippen LogP contribution in [0.3, 0.4) is 0 Å². The van der Waals surface area contributed by atoms with Crippen LogP contribution in [0.2, 0.25) is 0 Å². The smallest absolute Gasteiger partial charge is 0.108 e. The summed E-state index contributed by atoms with van der Waals surface area (Å²) in [5.41, 5.74) is 7.38. The van der Waals surface area contributed by atoms with Crippen LogP contribution < -0.4 is 0 Å². The van der Waals surface area contributed by atoms with Gasteiger partial charge in [0, 0.05) is 0 Å². The second-order valence-electron chi connectivity index (χ2n) is 3.46. The van der Waals surface area contributed by atoms with Crippen molar-refractivity contribution in [3.8, 4) is 0 Å². The lowest BCUT2D eigenvalue weighted by Crippen LogP contribution is -1.92. The van der Waals surface area contributed by atoms with Crippen molar-refractivity contribution in [2.24, 2.45) is 0 Å². The zero-order valence-electron chi connectivity index (χ0n) is 8.30. The van der Waals surface area contributed by atoms with Crippen molar-refractivity contribution in [2.45, 2.75) is 27.7 Å². The van der Waals surface area contributed by atoms with Crippen molar-refractivity contribution in [3.05, 3.63) is 22.3 Å². The summed E-state index contributed by atoms with van der Waals surface area (Å²) in [6, 6.07) is 0. The van der Waals surface area contributed by atoms with Gasteiger partial charge in [0.05, 0.1) is 11.7 Å². The van der Waals surface area contributed by atoms with Gasteiger partial charge in [0.2, 0.25) is 0 Å². The Labute approximate surface area is 81.9 Å². The van der Waals surface area contributed by atoms with Gasteiger partial charge in [0.15, 0.2) is 0 Å². The van der Waals surface area contributed by atoms with Gasteiger partial charge in [-0.1, -0.05) is 0 Å². The molecule has 0 unspecified atom stereocenters. The summed E-state index contributed by atoms with van der Waals surface area (Å²) >= 11 is 1.30. The van der Waals surface area contributed by atoms with Crippen LogP contribution in [0.4, 0.5) is 0 Å². The van der Waals surface area contributed by atoms with E-state index in [2.05, 4.69) is 36.4 Å². The van der Waals surface area contributed by atoms with E-state index in [1.807, 2.05) is 0 Å². The molecule has 2 nitrogen and oxygen atoms in total. The first-order valence-electron chi connectivity index (χ1n) is 4.31. The molecule has 0 saturated carbocycles. The first kappa shape index (κ1) is 8.63. The first-order valence-corrected chi connectivity index (χ1v) is 5.04. The van der Waals surface area contributed by atoms with Gasteiger partial charge in [-0.15, -0.1) is 0 Å². The highest BCUT2D eigenvalue weighted by atomic mass is 32.1. The number of aromatic nitrogens is 2. The molecular formula is C10H12N2S. The molecule has 0 spiro atoms. The molecule has 0 fully saturated rings. The van der Waals surface area contributed by atoms with E-state index in [-0.39, 0.29) is 0 Å². The van der Waals surface area contributed by atoms with Crippen molar-refractivity contribution in [1.82, 2.24) is 8.75 Å². The second kappa shape index (κ2) is 2.77. The Morgan fingerprint density at radius 2 is 1.08 bits per heavy atom. The fraction of sp³-hybridized carbons (Fsp3) is 0.400. The van der Waals surface area contributed by atoms with Crippen LogP contribution in [-0.2, 0) is 0 Å². The fourth-order valence-electron chi connectivity index (χ4n) is 1.60. The zero-order chi connectivity index (χ0) is 9.59. The van der Waals surface area contributed by atoms with E-state index in [9.17, 15) is 0 Å². The van der Waals surface area contributed by atoms with E-state index in [4.69, 9.17) is 0 Å². The third-order valence-electron chi connectivity index (χ3n) is 2.89. The molecule has 3 heteroatoms. The average Bonchev–Trinajstić information content (AvgIpc) is 2.59. The highest BCUT2D eigenvalue weighted by Crippen LogP contribution is 2.26. The molecule has 2 aromatic rings. The van der Waals surface area contributed by atoms with Crippen molar-refractivity contribution in [1.29, 1.82) is 0 Å². The van der Waals surface area contributed by atoms with E-state index in [0.717, 1.165) is 11.0 Å². The number of hydrogen-bond donors (Lipinski definition) is 0. The van der Waals surface area contributed by atoms with Gasteiger partial charge < -0.3 is 0 Å². The lowest BCUT2D eigenvalue weighted by molar-refractivity contribution is 1.24. The number of hydrogen-bond acceptors (Lipinski definition) is 3. The SMILES string of the molecule is Cc1c(C)c(C)c2nsnc2c1C. The van der Waals surface area contributed by atoms with Crippen molar-refractivity contribution < 1.29 is 0 Å². The van der Waals surface area contributed by atoms with Gasteiger partial charge in [-0.25, -0.2) is 0 Å².